The van der Waals surface area contributed by atoms with E-state index in [-0.39, 0.29) is 0 Å². The number of hydrogen-bond donors (Lipinski definition) is 0. The summed E-state index contributed by atoms with van der Waals surface area (Å²) in [4.78, 5) is 17.0. The molecule has 0 radical (unpaired) electrons. The van der Waals surface area contributed by atoms with Crippen molar-refractivity contribution in [3.05, 3.63) is 279 Å². The summed E-state index contributed by atoms with van der Waals surface area (Å²) in [6.45, 7) is 0. The first-order valence-electron chi connectivity index (χ1n) is 25.9. The molecule has 0 saturated carbocycles. The molecule has 7 heteroatoms. The minimum absolute atomic E-state index is 0.527. The number of para-hydroxylation sites is 7. The molecule has 0 aliphatic rings. The van der Waals surface area contributed by atoms with Crippen molar-refractivity contribution in [1.29, 1.82) is 0 Å². The van der Waals surface area contributed by atoms with E-state index in [0.29, 0.717) is 17.6 Å². The van der Waals surface area contributed by atoms with Gasteiger partial charge in [-0.3, -0.25) is 4.57 Å². The van der Waals surface area contributed by atoms with Crippen LogP contribution >= 0.6 is 0 Å². The average molecular weight is 987 g/mol. The summed E-state index contributed by atoms with van der Waals surface area (Å²) >= 11 is 0. The standard InChI is InChI=1S/C69H46N6Si/c1-4-25-48(26-5-1)76(49-27-6-2-7-28-49,50-29-8-3-9-30-50)51-31-22-24-47(46-51)67-70-68(58-37-15-21-44-64(58)73-59-39-16-10-32-52(59)53-33-11-17-40-60(53)73)72-69(71-67)75-63-43-20-14-36-56(63)57-38-23-45-65(66(57)75)74-61-41-18-12-34-54(61)55-35-13-19-42-62(55)74/h1-46H. The molecule has 356 valence electrons. The van der Waals surface area contributed by atoms with Gasteiger partial charge in [-0.1, -0.05) is 231 Å². The first-order valence-corrected chi connectivity index (χ1v) is 27.9. The molecule has 4 aromatic heterocycles. The highest BCUT2D eigenvalue weighted by molar-refractivity contribution is 7.19. The van der Waals surface area contributed by atoms with E-state index in [1.165, 1.54) is 42.3 Å². The van der Waals surface area contributed by atoms with Crippen LogP contribution in [0.4, 0.5) is 0 Å². The van der Waals surface area contributed by atoms with Crippen molar-refractivity contribution in [2.24, 2.45) is 0 Å². The van der Waals surface area contributed by atoms with Crippen LogP contribution in [0.1, 0.15) is 0 Å². The zero-order valence-electron chi connectivity index (χ0n) is 41.2. The van der Waals surface area contributed by atoms with Gasteiger partial charge in [-0.15, -0.1) is 0 Å². The third kappa shape index (κ3) is 6.62. The summed E-state index contributed by atoms with van der Waals surface area (Å²) in [5.74, 6) is 1.68. The van der Waals surface area contributed by atoms with Gasteiger partial charge in [0.2, 0.25) is 5.95 Å². The summed E-state index contributed by atoms with van der Waals surface area (Å²) in [7, 11) is -2.94. The SMILES string of the molecule is c1ccc([Si](c2ccccc2)(c2ccccc2)c2cccc(-c3nc(-c4ccccc4-n4c5ccccc5c5ccccc54)nc(-n4c5ccccc5c5cccc(-n6c7ccccc7c7ccccc76)c54)n3)c2)cc1. The number of benzene rings is 11. The van der Waals surface area contributed by atoms with Gasteiger partial charge in [0, 0.05) is 43.4 Å². The number of hydrogen-bond acceptors (Lipinski definition) is 3. The van der Waals surface area contributed by atoms with Crippen LogP contribution in [0.25, 0.3) is 106 Å². The number of fused-ring (bicyclic) bond motifs is 9. The van der Waals surface area contributed by atoms with Crippen molar-refractivity contribution in [2.45, 2.75) is 0 Å². The second kappa shape index (κ2) is 17.6. The van der Waals surface area contributed by atoms with Crippen molar-refractivity contribution in [3.8, 4) is 40.1 Å². The van der Waals surface area contributed by atoms with E-state index in [1.54, 1.807) is 0 Å². The smallest absolute Gasteiger partial charge is 0.238 e. The van der Waals surface area contributed by atoms with Crippen LogP contribution in [0, 0.1) is 0 Å². The molecule has 0 spiro atoms. The third-order valence-electron chi connectivity index (χ3n) is 15.5. The summed E-state index contributed by atoms with van der Waals surface area (Å²) in [6, 6.07) is 101. The maximum Gasteiger partial charge on any atom is 0.238 e. The molecule has 0 aliphatic heterocycles. The summed E-state index contributed by atoms with van der Waals surface area (Å²) < 4.78 is 7.06. The monoisotopic (exact) mass is 986 g/mol. The number of rotatable bonds is 9. The fraction of sp³-hybridized carbons (Fsp3) is 0. The van der Waals surface area contributed by atoms with Gasteiger partial charge in [-0.2, -0.15) is 9.97 Å². The van der Waals surface area contributed by atoms with Crippen molar-refractivity contribution in [1.82, 2.24) is 28.7 Å². The van der Waals surface area contributed by atoms with Crippen molar-refractivity contribution < 1.29 is 0 Å². The molecule has 0 aliphatic carbocycles. The van der Waals surface area contributed by atoms with Crippen molar-refractivity contribution >= 4 is 94.2 Å². The first kappa shape index (κ1) is 43.6. The van der Waals surface area contributed by atoms with Crippen LogP contribution < -0.4 is 20.7 Å². The lowest BCUT2D eigenvalue weighted by atomic mass is 10.1. The van der Waals surface area contributed by atoms with Gasteiger partial charge in [0.15, 0.2) is 19.7 Å². The van der Waals surface area contributed by atoms with E-state index < -0.39 is 8.07 Å². The van der Waals surface area contributed by atoms with E-state index in [1.807, 2.05) is 0 Å². The van der Waals surface area contributed by atoms with Crippen molar-refractivity contribution in [2.75, 3.05) is 0 Å². The Labute approximate surface area is 439 Å². The van der Waals surface area contributed by atoms with Gasteiger partial charge < -0.3 is 9.13 Å². The van der Waals surface area contributed by atoms with Crippen LogP contribution in [0.15, 0.2) is 279 Å². The molecule has 15 aromatic rings. The largest absolute Gasteiger partial charge is 0.309 e. The van der Waals surface area contributed by atoms with Gasteiger partial charge in [-0.25, -0.2) is 4.98 Å². The molecular formula is C69H46N6Si. The lowest BCUT2D eigenvalue weighted by molar-refractivity contribution is 0.948. The fourth-order valence-corrected chi connectivity index (χ4v) is 17.1. The predicted octanol–water partition coefficient (Wildman–Crippen LogP) is 13.9. The van der Waals surface area contributed by atoms with Gasteiger partial charge in [0.1, 0.15) is 0 Å². The van der Waals surface area contributed by atoms with E-state index in [9.17, 15) is 0 Å². The van der Waals surface area contributed by atoms with Crippen molar-refractivity contribution in [3.63, 3.8) is 0 Å². The predicted molar refractivity (Wildman–Crippen MR) is 317 cm³/mol. The van der Waals surface area contributed by atoms with Gasteiger partial charge in [0.05, 0.1) is 44.5 Å². The number of aromatic nitrogens is 6. The highest BCUT2D eigenvalue weighted by atomic mass is 28.3. The Morgan fingerprint density at radius 3 is 1.16 bits per heavy atom. The quantitative estimate of drug-likeness (QED) is 0.107. The van der Waals surface area contributed by atoms with Crippen LogP contribution in [0.3, 0.4) is 0 Å². The molecule has 0 amide bonds. The van der Waals surface area contributed by atoms with E-state index in [0.717, 1.165) is 66.4 Å². The maximum absolute atomic E-state index is 5.69. The van der Waals surface area contributed by atoms with E-state index >= 15 is 0 Å². The molecule has 76 heavy (non-hydrogen) atoms. The summed E-state index contributed by atoms with van der Waals surface area (Å²) in [5, 5.41) is 12.1. The molecule has 0 N–H and O–H groups in total. The highest BCUT2D eigenvalue weighted by Gasteiger charge is 2.41. The topological polar surface area (TPSA) is 53.5 Å². The molecule has 0 bridgehead atoms. The zero-order chi connectivity index (χ0) is 50.2. The average Bonchev–Trinajstić information content (AvgIpc) is 4.20. The summed E-state index contributed by atoms with van der Waals surface area (Å²) in [6.07, 6.45) is 0. The first-order chi connectivity index (χ1) is 37.7. The minimum atomic E-state index is -2.94. The molecule has 0 atom stereocenters. The zero-order valence-corrected chi connectivity index (χ0v) is 42.2. The molecule has 4 heterocycles. The highest BCUT2D eigenvalue weighted by Crippen LogP contribution is 2.41. The second-order valence-corrected chi connectivity index (χ2v) is 23.3. The van der Waals surface area contributed by atoms with Crippen LogP contribution in [-0.4, -0.2) is 36.7 Å². The Bertz CT molecular complexity index is 4510. The van der Waals surface area contributed by atoms with Gasteiger partial charge in [0.25, 0.3) is 0 Å². The Morgan fingerprint density at radius 2 is 0.632 bits per heavy atom. The second-order valence-electron chi connectivity index (χ2n) is 19.5. The Morgan fingerprint density at radius 1 is 0.263 bits per heavy atom. The maximum atomic E-state index is 5.69. The molecular weight excluding hydrogens is 941 g/mol. The Kier molecular flexibility index (Phi) is 10.1. The lowest BCUT2D eigenvalue weighted by Crippen LogP contribution is -2.74. The molecule has 15 rings (SSSR count). The fourth-order valence-electron chi connectivity index (χ4n) is 12.3. The van der Waals surface area contributed by atoms with Crippen LogP contribution in [-0.2, 0) is 0 Å². The van der Waals surface area contributed by atoms with Gasteiger partial charge in [-0.05, 0) is 69.3 Å². The molecule has 0 fully saturated rings. The van der Waals surface area contributed by atoms with E-state index in [2.05, 4.69) is 293 Å². The third-order valence-corrected chi connectivity index (χ3v) is 20.2. The number of nitrogens with zero attached hydrogens (tertiary/aromatic N) is 6. The van der Waals surface area contributed by atoms with Gasteiger partial charge >= 0.3 is 0 Å². The lowest BCUT2D eigenvalue weighted by Gasteiger charge is -2.34. The normalized spacial score (nSPS) is 11.9. The summed E-state index contributed by atoms with van der Waals surface area (Å²) in [5.41, 5.74) is 10.3. The molecule has 0 unspecified atom stereocenters. The van der Waals surface area contributed by atoms with E-state index in [4.69, 9.17) is 15.0 Å². The molecule has 6 nitrogen and oxygen atoms in total. The molecule has 0 saturated heterocycles. The Balaban J connectivity index is 1.05. The van der Waals surface area contributed by atoms with Crippen LogP contribution in [0.5, 0.6) is 0 Å². The van der Waals surface area contributed by atoms with Crippen LogP contribution in [0.2, 0.25) is 0 Å². The minimum Gasteiger partial charge on any atom is -0.309 e. The Hall–Kier alpha value is -9.95. The molecule has 11 aromatic carbocycles.